The molecule has 0 spiro atoms. The second kappa shape index (κ2) is 5.05. The van der Waals surface area contributed by atoms with Crippen LogP contribution in [0.3, 0.4) is 0 Å². The molecule has 0 aromatic carbocycles. The third-order valence-corrected chi connectivity index (χ3v) is 4.73. The highest BCUT2D eigenvalue weighted by molar-refractivity contribution is 5.45. The molecule has 0 aliphatic heterocycles. The van der Waals surface area contributed by atoms with E-state index in [-0.39, 0.29) is 5.54 Å². The molecule has 1 aliphatic rings. The van der Waals surface area contributed by atoms with Gasteiger partial charge in [0, 0.05) is 12.2 Å². The smallest absolute Gasteiger partial charge is 0.243 e. The van der Waals surface area contributed by atoms with Gasteiger partial charge in [-0.25, -0.2) is 4.52 Å². The Bertz CT molecular complexity index is 605. The summed E-state index contributed by atoms with van der Waals surface area (Å²) in [6.07, 6.45) is 4.83. The number of pyridine rings is 1. The second-order valence-electron chi connectivity index (χ2n) is 6.00. The molecule has 5 heteroatoms. The van der Waals surface area contributed by atoms with E-state index >= 15 is 0 Å². The summed E-state index contributed by atoms with van der Waals surface area (Å²) in [5.74, 6) is 1.24. The molecule has 108 valence electrons. The zero-order valence-corrected chi connectivity index (χ0v) is 12.3. The highest BCUT2D eigenvalue weighted by Crippen LogP contribution is 2.35. The van der Waals surface area contributed by atoms with Gasteiger partial charge in [-0.15, -0.1) is 5.10 Å². The van der Waals surface area contributed by atoms with Crippen LogP contribution in [-0.4, -0.2) is 26.7 Å². The lowest BCUT2D eigenvalue weighted by Crippen LogP contribution is -2.52. The van der Waals surface area contributed by atoms with Crippen molar-refractivity contribution in [2.24, 2.45) is 11.7 Å². The predicted molar refractivity (Wildman–Crippen MR) is 80.8 cm³/mol. The Hall–Kier alpha value is -1.62. The van der Waals surface area contributed by atoms with E-state index in [9.17, 15) is 0 Å². The summed E-state index contributed by atoms with van der Waals surface area (Å²) in [6, 6.07) is 6.02. The summed E-state index contributed by atoms with van der Waals surface area (Å²) in [6.45, 7) is 4.94. The summed E-state index contributed by atoms with van der Waals surface area (Å²) in [4.78, 5) is 4.58. The number of nitrogens with zero attached hydrogens (tertiary/aromatic N) is 3. The minimum atomic E-state index is -0.0584. The van der Waals surface area contributed by atoms with E-state index in [1.807, 2.05) is 29.6 Å². The molecule has 2 atom stereocenters. The van der Waals surface area contributed by atoms with E-state index in [0.29, 0.717) is 18.4 Å². The van der Waals surface area contributed by atoms with Gasteiger partial charge in [0.15, 0.2) is 5.65 Å². The molecule has 1 fully saturated rings. The van der Waals surface area contributed by atoms with E-state index in [1.165, 1.54) is 19.3 Å². The first-order valence-corrected chi connectivity index (χ1v) is 7.45. The van der Waals surface area contributed by atoms with Crippen LogP contribution in [0.1, 0.15) is 38.3 Å². The van der Waals surface area contributed by atoms with Crippen molar-refractivity contribution < 1.29 is 0 Å². The van der Waals surface area contributed by atoms with Gasteiger partial charge in [0.25, 0.3) is 0 Å². The van der Waals surface area contributed by atoms with Crippen molar-refractivity contribution in [3.63, 3.8) is 0 Å². The van der Waals surface area contributed by atoms with Gasteiger partial charge >= 0.3 is 0 Å². The first kappa shape index (κ1) is 13.4. The van der Waals surface area contributed by atoms with Crippen LogP contribution in [0.25, 0.3) is 5.65 Å². The van der Waals surface area contributed by atoms with E-state index in [1.54, 1.807) is 0 Å². The molecule has 2 unspecified atom stereocenters. The Kier molecular flexibility index (Phi) is 3.38. The van der Waals surface area contributed by atoms with Gasteiger partial charge < -0.3 is 11.1 Å². The highest BCUT2D eigenvalue weighted by Gasteiger charge is 2.37. The number of aryl methyl sites for hydroxylation is 1. The Morgan fingerprint density at radius 2 is 2.30 bits per heavy atom. The van der Waals surface area contributed by atoms with Crippen LogP contribution in [-0.2, 0) is 0 Å². The average Bonchev–Trinajstić information content (AvgIpc) is 2.85. The summed E-state index contributed by atoms with van der Waals surface area (Å²) in [5.41, 5.74) is 7.98. The van der Waals surface area contributed by atoms with Crippen LogP contribution >= 0.6 is 0 Å². The molecular formula is C15H23N5. The Labute approximate surface area is 119 Å². The Morgan fingerprint density at radius 1 is 1.45 bits per heavy atom. The first-order valence-electron chi connectivity index (χ1n) is 7.45. The number of nitrogens with two attached hydrogens (primary N) is 1. The molecule has 0 saturated heterocycles. The van der Waals surface area contributed by atoms with Crippen LogP contribution < -0.4 is 11.1 Å². The molecule has 2 heterocycles. The zero-order chi connectivity index (χ0) is 14.2. The van der Waals surface area contributed by atoms with E-state index in [4.69, 9.17) is 5.73 Å². The maximum Gasteiger partial charge on any atom is 0.243 e. The predicted octanol–water partition coefficient (Wildman–Crippen LogP) is 2.36. The number of rotatable bonds is 3. The number of anilines is 1. The van der Waals surface area contributed by atoms with Crippen LogP contribution in [0, 0.1) is 12.8 Å². The number of fused-ring (bicyclic) bond motifs is 1. The summed E-state index contributed by atoms with van der Waals surface area (Å²) in [7, 11) is 0. The molecule has 2 aromatic heterocycles. The topological polar surface area (TPSA) is 68.2 Å². The van der Waals surface area contributed by atoms with Crippen molar-refractivity contribution >= 4 is 11.6 Å². The molecule has 0 bridgehead atoms. The molecule has 20 heavy (non-hydrogen) atoms. The average molecular weight is 273 g/mol. The number of nitrogens with one attached hydrogen (secondary N) is 1. The van der Waals surface area contributed by atoms with Crippen molar-refractivity contribution in [3.8, 4) is 0 Å². The second-order valence-corrected chi connectivity index (χ2v) is 6.00. The Morgan fingerprint density at radius 3 is 3.00 bits per heavy atom. The third-order valence-electron chi connectivity index (χ3n) is 4.73. The van der Waals surface area contributed by atoms with E-state index in [2.05, 4.69) is 22.3 Å². The minimum Gasteiger partial charge on any atom is -0.346 e. The van der Waals surface area contributed by atoms with Crippen molar-refractivity contribution in [3.05, 3.63) is 23.9 Å². The van der Waals surface area contributed by atoms with Crippen LogP contribution in [0.2, 0.25) is 0 Å². The fraction of sp³-hybridized carbons (Fsp3) is 0.600. The number of hydrogen-bond acceptors (Lipinski definition) is 4. The maximum absolute atomic E-state index is 6.08. The van der Waals surface area contributed by atoms with Crippen molar-refractivity contribution in [1.82, 2.24) is 14.6 Å². The first-order chi connectivity index (χ1) is 9.64. The lowest BCUT2D eigenvalue weighted by molar-refractivity contribution is 0.234. The zero-order valence-electron chi connectivity index (χ0n) is 12.3. The Balaban J connectivity index is 1.93. The van der Waals surface area contributed by atoms with E-state index in [0.717, 1.165) is 17.8 Å². The number of aromatic nitrogens is 3. The SMILES string of the molecule is Cc1cccc2nc(NC3(CN)CCCCC3C)nn12. The molecule has 3 N–H and O–H groups in total. The molecule has 5 nitrogen and oxygen atoms in total. The molecule has 2 aromatic rings. The molecular weight excluding hydrogens is 250 g/mol. The highest BCUT2D eigenvalue weighted by atomic mass is 15.4. The maximum atomic E-state index is 6.08. The van der Waals surface area contributed by atoms with Gasteiger partial charge in [0.1, 0.15) is 0 Å². The van der Waals surface area contributed by atoms with E-state index < -0.39 is 0 Å². The van der Waals surface area contributed by atoms with Gasteiger partial charge in [-0.1, -0.05) is 25.8 Å². The largest absolute Gasteiger partial charge is 0.346 e. The monoisotopic (exact) mass is 273 g/mol. The van der Waals surface area contributed by atoms with Gasteiger partial charge in [-0.3, -0.25) is 0 Å². The quantitative estimate of drug-likeness (QED) is 0.901. The lowest BCUT2D eigenvalue weighted by Gasteiger charge is -2.42. The minimum absolute atomic E-state index is 0.0584. The molecule has 3 rings (SSSR count). The summed E-state index contributed by atoms with van der Waals surface area (Å²) >= 11 is 0. The summed E-state index contributed by atoms with van der Waals surface area (Å²) in [5, 5.41) is 8.12. The third kappa shape index (κ3) is 2.16. The van der Waals surface area contributed by atoms with Crippen molar-refractivity contribution in [2.45, 2.75) is 45.1 Å². The van der Waals surface area contributed by atoms with Crippen molar-refractivity contribution in [1.29, 1.82) is 0 Å². The lowest BCUT2D eigenvalue weighted by atomic mass is 9.73. The molecule has 0 radical (unpaired) electrons. The molecule has 1 saturated carbocycles. The normalized spacial score (nSPS) is 26.9. The fourth-order valence-electron chi connectivity index (χ4n) is 3.26. The van der Waals surface area contributed by atoms with Crippen LogP contribution in [0.5, 0.6) is 0 Å². The van der Waals surface area contributed by atoms with Crippen LogP contribution in [0.15, 0.2) is 18.2 Å². The van der Waals surface area contributed by atoms with Gasteiger partial charge in [0.2, 0.25) is 5.95 Å². The number of hydrogen-bond donors (Lipinski definition) is 2. The van der Waals surface area contributed by atoms with Gasteiger partial charge in [-0.2, -0.15) is 4.98 Å². The molecule has 1 aliphatic carbocycles. The van der Waals surface area contributed by atoms with Gasteiger partial charge in [-0.05, 0) is 37.8 Å². The van der Waals surface area contributed by atoms with Crippen LogP contribution in [0.4, 0.5) is 5.95 Å². The fourth-order valence-corrected chi connectivity index (χ4v) is 3.26. The van der Waals surface area contributed by atoms with Crippen molar-refractivity contribution in [2.75, 3.05) is 11.9 Å². The van der Waals surface area contributed by atoms with Gasteiger partial charge in [0.05, 0.1) is 5.54 Å². The molecule has 0 amide bonds. The summed E-state index contributed by atoms with van der Waals surface area (Å²) < 4.78 is 1.88. The standard InChI is InChI=1S/C15H23N5/c1-11-6-3-4-9-15(11,10-16)18-14-17-13-8-5-7-12(2)20(13)19-14/h5,7-8,11H,3-4,6,9-10,16H2,1-2H3,(H,18,19).